The molecule has 7 heteroatoms. The van der Waals surface area contributed by atoms with Crippen LogP contribution in [0.25, 0.3) is 0 Å². The van der Waals surface area contributed by atoms with E-state index >= 15 is 0 Å². The summed E-state index contributed by atoms with van der Waals surface area (Å²) in [5.74, 6) is 0.477. The van der Waals surface area contributed by atoms with Gasteiger partial charge in [0.1, 0.15) is 5.75 Å². The highest BCUT2D eigenvalue weighted by molar-refractivity contribution is 7.89. The zero-order valence-electron chi connectivity index (χ0n) is 17.7. The number of hydrogen-bond donors (Lipinski definition) is 1. The van der Waals surface area contributed by atoms with Crippen LogP contribution in [0, 0.1) is 6.92 Å². The van der Waals surface area contributed by atoms with Gasteiger partial charge < -0.3 is 10.1 Å². The molecule has 0 bridgehead atoms. The first-order valence-electron chi connectivity index (χ1n) is 9.83. The molecule has 0 aliphatic rings. The summed E-state index contributed by atoms with van der Waals surface area (Å²) < 4.78 is 32.5. The van der Waals surface area contributed by atoms with Crippen molar-refractivity contribution in [1.29, 1.82) is 0 Å². The lowest BCUT2D eigenvalue weighted by Gasteiger charge is -2.22. The van der Waals surface area contributed by atoms with Gasteiger partial charge in [-0.05, 0) is 55.2 Å². The Balaban J connectivity index is 2.20. The number of likely N-dealkylation sites (N-methyl/N-ethyl adjacent to an activating group) is 1. The lowest BCUT2D eigenvalue weighted by Crippen LogP contribution is -2.38. The van der Waals surface area contributed by atoms with Crippen molar-refractivity contribution in [3.05, 3.63) is 53.6 Å². The lowest BCUT2D eigenvalue weighted by molar-refractivity contribution is -0.116. The molecule has 0 spiro atoms. The molecule has 0 radical (unpaired) electrons. The zero-order valence-corrected chi connectivity index (χ0v) is 18.5. The summed E-state index contributed by atoms with van der Waals surface area (Å²) in [5.41, 5.74) is 2.72. The number of carbonyl (C=O) groups is 1. The number of amides is 1. The number of sulfonamides is 1. The van der Waals surface area contributed by atoms with Crippen molar-refractivity contribution in [3.8, 4) is 5.75 Å². The third-order valence-corrected chi connectivity index (χ3v) is 6.57. The predicted molar refractivity (Wildman–Crippen MR) is 116 cm³/mol. The van der Waals surface area contributed by atoms with Crippen LogP contribution < -0.4 is 10.1 Å². The minimum Gasteiger partial charge on any atom is -0.494 e. The Morgan fingerprint density at radius 2 is 1.76 bits per heavy atom. The molecule has 0 aliphatic heterocycles. The van der Waals surface area contributed by atoms with Crippen LogP contribution in [0.1, 0.15) is 44.7 Å². The quantitative estimate of drug-likeness (QED) is 0.663. The third-order valence-electron chi connectivity index (χ3n) is 4.64. The molecule has 2 rings (SSSR count). The van der Waals surface area contributed by atoms with Gasteiger partial charge in [-0.15, -0.1) is 0 Å². The molecule has 29 heavy (non-hydrogen) atoms. The minimum absolute atomic E-state index is 0.134. The molecule has 6 nitrogen and oxygen atoms in total. The first-order chi connectivity index (χ1) is 13.7. The van der Waals surface area contributed by atoms with Crippen LogP contribution in [0.4, 0.5) is 5.69 Å². The molecular formula is C22H30N2O4S. The fourth-order valence-corrected chi connectivity index (χ4v) is 4.48. The second kappa shape index (κ2) is 9.89. The van der Waals surface area contributed by atoms with Gasteiger partial charge in [-0.1, -0.05) is 39.0 Å². The summed E-state index contributed by atoms with van der Waals surface area (Å²) in [6, 6.07) is 12.1. The van der Waals surface area contributed by atoms with Crippen molar-refractivity contribution in [2.45, 2.75) is 45.4 Å². The standard InChI is InChI=1S/C22H30N2O4S/c1-6-24(29(26,27)19-13-11-18(12-14-19)28-7-2)15-21(25)23-22-17(5)9-8-10-20(22)16(3)4/h8-14,16H,6-7,15H2,1-5H3,(H,23,25). The van der Waals surface area contributed by atoms with Crippen molar-refractivity contribution in [1.82, 2.24) is 4.31 Å². The summed E-state index contributed by atoms with van der Waals surface area (Å²) in [6.45, 7) is 10.1. The van der Waals surface area contributed by atoms with E-state index in [2.05, 4.69) is 19.2 Å². The Labute approximate surface area is 173 Å². The molecule has 0 atom stereocenters. The molecule has 2 aromatic carbocycles. The third kappa shape index (κ3) is 5.58. The molecule has 158 valence electrons. The summed E-state index contributed by atoms with van der Waals surface area (Å²) >= 11 is 0. The predicted octanol–water partition coefficient (Wildman–Crippen LogP) is 4.17. The Morgan fingerprint density at radius 1 is 1.10 bits per heavy atom. The fraction of sp³-hybridized carbons (Fsp3) is 0.409. The van der Waals surface area contributed by atoms with Gasteiger partial charge in [0.2, 0.25) is 15.9 Å². The van der Waals surface area contributed by atoms with Crippen LogP contribution in [-0.4, -0.2) is 38.3 Å². The average Bonchev–Trinajstić information content (AvgIpc) is 2.68. The van der Waals surface area contributed by atoms with E-state index in [-0.39, 0.29) is 29.8 Å². The van der Waals surface area contributed by atoms with Crippen molar-refractivity contribution in [2.75, 3.05) is 25.0 Å². The van der Waals surface area contributed by atoms with E-state index in [9.17, 15) is 13.2 Å². The Morgan fingerprint density at radius 3 is 2.31 bits per heavy atom. The van der Waals surface area contributed by atoms with Crippen molar-refractivity contribution < 1.29 is 17.9 Å². The number of rotatable bonds is 9. The Kier molecular flexibility index (Phi) is 7.81. The molecule has 0 saturated heterocycles. The first kappa shape index (κ1) is 22.9. The van der Waals surface area contributed by atoms with Gasteiger partial charge in [0.05, 0.1) is 18.0 Å². The average molecular weight is 419 g/mol. The van der Waals surface area contributed by atoms with E-state index in [0.717, 1.165) is 16.8 Å². The molecule has 1 N–H and O–H groups in total. The summed E-state index contributed by atoms with van der Waals surface area (Å²) in [5, 5.41) is 2.91. The number of carbonyl (C=O) groups excluding carboxylic acids is 1. The lowest BCUT2D eigenvalue weighted by atomic mass is 9.98. The number of benzene rings is 2. The van der Waals surface area contributed by atoms with E-state index < -0.39 is 10.0 Å². The highest BCUT2D eigenvalue weighted by atomic mass is 32.2. The maximum Gasteiger partial charge on any atom is 0.243 e. The van der Waals surface area contributed by atoms with Gasteiger partial charge in [0.15, 0.2) is 0 Å². The van der Waals surface area contributed by atoms with Gasteiger partial charge in [0.25, 0.3) is 0 Å². The number of ether oxygens (including phenoxy) is 1. The van der Waals surface area contributed by atoms with Gasteiger partial charge in [-0.3, -0.25) is 4.79 Å². The molecule has 0 saturated carbocycles. The molecule has 1 amide bonds. The topological polar surface area (TPSA) is 75.7 Å². The summed E-state index contributed by atoms with van der Waals surface area (Å²) in [6.07, 6.45) is 0. The number of aryl methyl sites for hydroxylation is 1. The molecule has 0 aromatic heterocycles. The van der Waals surface area contributed by atoms with Gasteiger partial charge in [-0.25, -0.2) is 8.42 Å². The van der Waals surface area contributed by atoms with Gasteiger partial charge in [-0.2, -0.15) is 4.31 Å². The van der Waals surface area contributed by atoms with E-state index in [1.54, 1.807) is 19.1 Å². The van der Waals surface area contributed by atoms with Gasteiger partial charge >= 0.3 is 0 Å². The summed E-state index contributed by atoms with van der Waals surface area (Å²) in [4.78, 5) is 12.8. The highest BCUT2D eigenvalue weighted by Gasteiger charge is 2.26. The zero-order chi connectivity index (χ0) is 21.6. The number of anilines is 1. The second-order valence-corrected chi connectivity index (χ2v) is 9.02. The minimum atomic E-state index is -3.79. The normalized spacial score (nSPS) is 11.7. The van der Waals surface area contributed by atoms with Crippen molar-refractivity contribution in [2.24, 2.45) is 0 Å². The first-order valence-corrected chi connectivity index (χ1v) is 11.3. The number of nitrogens with one attached hydrogen (secondary N) is 1. The van der Waals surface area contributed by atoms with Crippen LogP contribution in [0.5, 0.6) is 5.75 Å². The molecule has 0 unspecified atom stereocenters. The summed E-state index contributed by atoms with van der Waals surface area (Å²) in [7, 11) is -3.79. The van der Waals surface area contributed by atoms with Crippen LogP contribution in [0.15, 0.2) is 47.4 Å². The number of nitrogens with zero attached hydrogens (tertiary/aromatic N) is 1. The Bertz CT molecular complexity index is 938. The van der Waals surface area contributed by atoms with Crippen molar-refractivity contribution in [3.63, 3.8) is 0 Å². The smallest absolute Gasteiger partial charge is 0.243 e. The van der Waals surface area contributed by atoms with E-state index in [4.69, 9.17) is 4.74 Å². The highest BCUT2D eigenvalue weighted by Crippen LogP contribution is 2.27. The molecule has 0 fully saturated rings. The number of para-hydroxylation sites is 1. The SMILES string of the molecule is CCOc1ccc(S(=O)(=O)N(CC)CC(=O)Nc2c(C)cccc2C(C)C)cc1. The molecule has 2 aromatic rings. The van der Waals surface area contributed by atoms with Crippen LogP contribution in [0.2, 0.25) is 0 Å². The maximum absolute atomic E-state index is 13.0. The number of hydrogen-bond acceptors (Lipinski definition) is 4. The van der Waals surface area contributed by atoms with Crippen molar-refractivity contribution >= 4 is 21.6 Å². The largest absolute Gasteiger partial charge is 0.494 e. The van der Waals surface area contributed by atoms with E-state index in [0.29, 0.717) is 12.4 Å². The fourth-order valence-electron chi connectivity index (χ4n) is 3.07. The maximum atomic E-state index is 13.0. The van der Waals surface area contributed by atoms with Gasteiger partial charge in [0, 0.05) is 12.2 Å². The van der Waals surface area contributed by atoms with Crippen LogP contribution in [-0.2, 0) is 14.8 Å². The van der Waals surface area contributed by atoms with E-state index in [1.807, 2.05) is 32.0 Å². The Hall–Kier alpha value is -2.38. The van der Waals surface area contributed by atoms with Crippen LogP contribution in [0.3, 0.4) is 0 Å². The molecule has 0 aliphatic carbocycles. The van der Waals surface area contributed by atoms with Crippen LogP contribution >= 0.6 is 0 Å². The molecular weight excluding hydrogens is 388 g/mol. The molecule has 0 heterocycles. The monoisotopic (exact) mass is 418 g/mol. The van der Waals surface area contributed by atoms with E-state index in [1.165, 1.54) is 16.4 Å². The second-order valence-electron chi connectivity index (χ2n) is 7.08.